The van der Waals surface area contributed by atoms with Crippen molar-refractivity contribution in [2.24, 2.45) is 5.92 Å². The Morgan fingerprint density at radius 1 is 1.38 bits per heavy atom. The first-order chi connectivity index (χ1) is 9.88. The predicted octanol–water partition coefficient (Wildman–Crippen LogP) is 0.884. The van der Waals surface area contributed by atoms with Crippen molar-refractivity contribution >= 4 is 12.1 Å². The molecule has 1 heterocycles. The second kappa shape index (κ2) is 7.75. The van der Waals surface area contributed by atoms with E-state index in [1.807, 2.05) is 13.8 Å². The van der Waals surface area contributed by atoms with Crippen molar-refractivity contribution < 1.29 is 14.3 Å². The lowest BCUT2D eigenvalue weighted by molar-refractivity contribution is 0.162. The van der Waals surface area contributed by atoms with Crippen LogP contribution in [-0.2, 0) is 4.74 Å². The van der Waals surface area contributed by atoms with Crippen LogP contribution in [0.4, 0.5) is 9.59 Å². The van der Waals surface area contributed by atoms with Gasteiger partial charge in [-0.25, -0.2) is 9.59 Å². The molecule has 0 unspecified atom stereocenters. The average molecular weight is 298 g/mol. The number of alkyl carbamates (subject to hydrolysis) is 1. The second-order valence-electron chi connectivity index (χ2n) is 5.50. The van der Waals surface area contributed by atoms with Gasteiger partial charge in [-0.2, -0.15) is 0 Å². The summed E-state index contributed by atoms with van der Waals surface area (Å²) in [5.41, 5.74) is 0.844. The van der Waals surface area contributed by atoms with Gasteiger partial charge in [0.05, 0.1) is 13.2 Å². The van der Waals surface area contributed by atoms with Gasteiger partial charge in [0.1, 0.15) is 0 Å². The number of nitrogens with one attached hydrogen (secondary N) is 3. The molecule has 1 aliphatic heterocycles. The van der Waals surface area contributed by atoms with Crippen LogP contribution in [0.15, 0.2) is 12.3 Å². The molecular weight excluding hydrogens is 272 g/mol. The summed E-state index contributed by atoms with van der Waals surface area (Å²) < 4.78 is 4.66. The summed E-state index contributed by atoms with van der Waals surface area (Å²) in [7, 11) is 2.94. The van der Waals surface area contributed by atoms with E-state index < -0.39 is 6.09 Å². The smallest absolute Gasteiger partial charge is 0.407 e. The molecule has 3 N–H and O–H groups in total. The third kappa shape index (κ3) is 4.84. The summed E-state index contributed by atoms with van der Waals surface area (Å²) in [5.74, 6) is 0.197. The second-order valence-corrected chi connectivity index (χ2v) is 5.50. The van der Waals surface area contributed by atoms with Gasteiger partial charge < -0.3 is 25.6 Å². The molecule has 3 amide bonds. The Bertz CT molecular complexity index is 398. The molecule has 120 valence electrons. The maximum absolute atomic E-state index is 11.4. The minimum absolute atomic E-state index is 0.0904. The predicted molar refractivity (Wildman–Crippen MR) is 80.9 cm³/mol. The molecule has 0 aromatic carbocycles. The third-order valence-corrected chi connectivity index (χ3v) is 3.64. The number of carbonyl (C=O) groups excluding carboxylic acids is 2. The molecule has 1 fully saturated rings. The Hall–Kier alpha value is -1.92. The molecule has 0 aromatic heterocycles. The number of ether oxygens (including phenoxy) is 1. The number of urea groups is 1. The van der Waals surface area contributed by atoms with Gasteiger partial charge in [-0.1, -0.05) is 20.4 Å². The highest BCUT2D eigenvalue weighted by Gasteiger charge is 2.29. The number of likely N-dealkylation sites (tertiary alicyclic amines) is 1. The summed E-state index contributed by atoms with van der Waals surface area (Å²) in [5, 5.41) is 8.24. The van der Waals surface area contributed by atoms with Gasteiger partial charge in [-0.3, -0.25) is 0 Å². The lowest BCUT2D eigenvalue weighted by atomic mass is 10.0. The van der Waals surface area contributed by atoms with Crippen LogP contribution in [0.5, 0.6) is 0 Å². The Kier molecular flexibility index (Phi) is 6.33. The number of nitrogens with zero attached hydrogens (tertiary/aromatic N) is 1. The maximum Gasteiger partial charge on any atom is 0.407 e. The largest absolute Gasteiger partial charge is 0.453 e. The van der Waals surface area contributed by atoms with Crippen LogP contribution in [-0.4, -0.2) is 56.4 Å². The zero-order valence-electron chi connectivity index (χ0n) is 13.2. The van der Waals surface area contributed by atoms with Crippen molar-refractivity contribution in [3.63, 3.8) is 0 Å². The Labute approximate surface area is 126 Å². The Morgan fingerprint density at radius 3 is 2.57 bits per heavy atom. The van der Waals surface area contributed by atoms with E-state index in [2.05, 4.69) is 32.2 Å². The molecule has 7 heteroatoms. The van der Waals surface area contributed by atoms with Crippen LogP contribution in [0.25, 0.3) is 0 Å². The van der Waals surface area contributed by atoms with Gasteiger partial charge in [0, 0.05) is 31.9 Å². The van der Waals surface area contributed by atoms with Crippen molar-refractivity contribution in [3.05, 3.63) is 12.3 Å². The lowest BCUT2D eigenvalue weighted by Crippen LogP contribution is -2.45. The molecule has 0 bridgehead atoms. The average Bonchev–Trinajstić information content (AvgIpc) is 2.91. The minimum Gasteiger partial charge on any atom is -0.453 e. The standard InChI is InChI=1S/C14H26N4O3/c1-9(2)12(17-14(20)21-5)10(3)18-7-6-11(8-18)16-13(19)15-4/h9,11-12H,3,6-8H2,1-2,4-5H3,(H,17,20)(H2,15,16,19)/t11-,12-/m0/s1. The monoisotopic (exact) mass is 298 g/mol. The highest BCUT2D eigenvalue weighted by molar-refractivity contribution is 5.73. The van der Waals surface area contributed by atoms with Crippen LogP contribution in [0.3, 0.4) is 0 Å². The molecule has 0 saturated carbocycles. The maximum atomic E-state index is 11.4. The molecule has 0 aromatic rings. The molecular formula is C14H26N4O3. The zero-order valence-corrected chi connectivity index (χ0v) is 13.2. The van der Waals surface area contributed by atoms with E-state index in [9.17, 15) is 9.59 Å². The number of hydrogen-bond acceptors (Lipinski definition) is 4. The van der Waals surface area contributed by atoms with Crippen molar-refractivity contribution in [3.8, 4) is 0 Å². The van der Waals surface area contributed by atoms with Crippen molar-refractivity contribution in [1.29, 1.82) is 0 Å². The first-order valence-electron chi connectivity index (χ1n) is 7.15. The van der Waals surface area contributed by atoms with Crippen LogP contribution < -0.4 is 16.0 Å². The van der Waals surface area contributed by atoms with Gasteiger partial charge in [-0.15, -0.1) is 0 Å². The topological polar surface area (TPSA) is 82.7 Å². The third-order valence-electron chi connectivity index (χ3n) is 3.64. The van der Waals surface area contributed by atoms with E-state index in [-0.39, 0.29) is 24.0 Å². The van der Waals surface area contributed by atoms with Gasteiger partial charge in [0.2, 0.25) is 0 Å². The van der Waals surface area contributed by atoms with Crippen LogP contribution in [0.2, 0.25) is 0 Å². The van der Waals surface area contributed by atoms with Gasteiger partial charge in [0.25, 0.3) is 0 Å². The normalized spacial score (nSPS) is 19.1. The first-order valence-corrected chi connectivity index (χ1v) is 7.15. The lowest BCUT2D eigenvalue weighted by Gasteiger charge is -2.31. The molecule has 1 rings (SSSR count). The fourth-order valence-corrected chi connectivity index (χ4v) is 2.41. The molecule has 1 saturated heterocycles. The van der Waals surface area contributed by atoms with Crippen molar-refractivity contribution in [2.75, 3.05) is 27.2 Å². The Balaban J connectivity index is 2.60. The molecule has 7 nitrogen and oxygen atoms in total. The van der Waals surface area contributed by atoms with E-state index in [0.717, 1.165) is 18.7 Å². The van der Waals surface area contributed by atoms with Crippen LogP contribution in [0.1, 0.15) is 20.3 Å². The summed E-state index contributed by atoms with van der Waals surface area (Å²) >= 11 is 0. The fraction of sp³-hybridized carbons (Fsp3) is 0.714. The van der Waals surface area contributed by atoms with E-state index in [1.165, 1.54) is 7.11 Å². The molecule has 1 aliphatic rings. The number of hydrogen-bond donors (Lipinski definition) is 3. The summed E-state index contributed by atoms with van der Waals surface area (Å²) in [6.45, 7) is 9.64. The highest BCUT2D eigenvalue weighted by atomic mass is 16.5. The van der Waals surface area contributed by atoms with E-state index in [4.69, 9.17) is 0 Å². The van der Waals surface area contributed by atoms with Crippen LogP contribution >= 0.6 is 0 Å². The Morgan fingerprint density at radius 2 is 2.05 bits per heavy atom. The van der Waals surface area contributed by atoms with Gasteiger partial charge >= 0.3 is 12.1 Å². The van der Waals surface area contributed by atoms with Crippen molar-refractivity contribution in [1.82, 2.24) is 20.9 Å². The first kappa shape index (κ1) is 17.1. The quantitative estimate of drug-likeness (QED) is 0.704. The zero-order chi connectivity index (χ0) is 16.0. The number of methoxy groups -OCH3 is 1. The summed E-state index contributed by atoms with van der Waals surface area (Å²) in [4.78, 5) is 24.9. The number of carbonyl (C=O) groups is 2. The minimum atomic E-state index is -0.464. The number of amides is 3. The summed E-state index contributed by atoms with van der Waals surface area (Å²) in [6, 6.07) is -0.274. The highest BCUT2D eigenvalue weighted by Crippen LogP contribution is 2.20. The summed E-state index contributed by atoms with van der Waals surface area (Å²) in [6.07, 6.45) is 0.393. The van der Waals surface area contributed by atoms with Crippen molar-refractivity contribution in [2.45, 2.75) is 32.4 Å². The van der Waals surface area contributed by atoms with Gasteiger partial charge in [0.15, 0.2) is 0 Å². The molecule has 0 radical (unpaired) electrons. The van der Waals surface area contributed by atoms with E-state index in [0.29, 0.717) is 6.54 Å². The molecule has 0 aliphatic carbocycles. The van der Waals surface area contributed by atoms with Gasteiger partial charge in [-0.05, 0) is 12.3 Å². The molecule has 21 heavy (non-hydrogen) atoms. The SMILES string of the molecule is C=C([C@@H](NC(=O)OC)C(C)C)N1CC[C@H](NC(=O)NC)C1. The van der Waals surface area contributed by atoms with E-state index >= 15 is 0 Å². The number of rotatable bonds is 5. The molecule has 0 spiro atoms. The fourth-order valence-electron chi connectivity index (χ4n) is 2.41. The van der Waals surface area contributed by atoms with Crippen LogP contribution in [0, 0.1) is 5.92 Å². The van der Waals surface area contributed by atoms with E-state index in [1.54, 1.807) is 7.05 Å². The molecule has 2 atom stereocenters.